The van der Waals surface area contributed by atoms with Gasteiger partial charge >= 0.3 is 0 Å². The average Bonchev–Trinajstić information content (AvgIpc) is 3.11. The minimum absolute atomic E-state index is 0.0775. The second kappa shape index (κ2) is 10.7. The molecule has 5 nitrogen and oxygen atoms in total. The number of halogens is 1. The van der Waals surface area contributed by atoms with E-state index < -0.39 is 0 Å². The van der Waals surface area contributed by atoms with Gasteiger partial charge in [-0.1, -0.05) is 78.0 Å². The Labute approximate surface area is 206 Å². The van der Waals surface area contributed by atoms with Gasteiger partial charge in [0.2, 0.25) is 0 Å². The molecule has 0 unspecified atom stereocenters. The number of ether oxygens (including phenoxy) is 1. The van der Waals surface area contributed by atoms with E-state index in [-0.39, 0.29) is 18.4 Å². The first-order valence-corrected chi connectivity index (χ1v) is 11.7. The lowest BCUT2D eigenvalue weighted by Crippen LogP contribution is -2.28. The summed E-state index contributed by atoms with van der Waals surface area (Å²) >= 11 is 12.6. The molecule has 1 fully saturated rings. The van der Waals surface area contributed by atoms with Crippen molar-refractivity contribution in [3.8, 4) is 5.75 Å². The number of hydrogen-bond acceptors (Lipinski definition) is 5. The summed E-state index contributed by atoms with van der Waals surface area (Å²) in [7, 11) is 0. The van der Waals surface area contributed by atoms with Crippen molar-refractivity contribution in [2.75, 3.05) is 11.5 Å². The molecule has 3 aromatic rings. The van der Waals surface area contributed by atoms with Crippen LogP contribution in [0.4, 0.5) is 5.69 Å². The number of rotatable bonds is 7. The summed E-state index contributed by atoms with van der Waals surface area (Å²) in [6, 6.07) is 23.8. The Balaban J connectivity index is 1.33. The normalized spacial score (nSPS) is 14.6. The van der Waals surface area contributed by atoms with Crippen molar-refractivity contribution in [1.29, 1.82) is 0 Å². The van der Waals surface area contributed by atoms with Crippen LogP contribution in [-0.4, -0.2) is 22.7 Å². The molecule has 8 heteroatoms. The summed E-state index contributed by atoms with van der Waals surface area (Å²) in [6.07, 6.45) is 1.78. The first-order valence-electron chi connectivity index (χ1n) is 10.1. The van der Waals surface area contributed by atoms with Gasteiger partial charge in [0.15, 0.2) is 10.9 Å². The van der Waals surface area contributed by atoms with Gasteiger partial charge < -0.3 is 10.1 Å². The van der Waals surface area contributed by atoms with Gasteiger partial charge in [-0.05, 0) is 53.6 Å². The molecule has 1 aliphatic rings. The number of carbonyl (C=O) groups is 2. The SMILES string of the molecule is O=C(COc1ccc(/C=C2\SC(=S)N(c3ccc(Cl)cc3)C2=O)cc1)NCc1ccccc1. The van der Waals surface area contributed by atoms with E-state index in [0.29, 0.717) is 32.2 Å². The van der Waals surface area contributed by atoms with Crippen molar-refractivity contribution in [3.63, 3.8) is 0 Å². The van der Waals surface area contributed by atoms with Crippen molar-refractivity contribution < 1.29 is 14.3 Å². The van der Waals surface area contributed by atoms with E-state index in [9.17, 15) is 9.59 Å². The molecule has 3 aromatic carbocycles. The van der Waals surface area contributed by atoms with Crippen LogP contribution in [0, 0.1) is 0 Å². The van der Waals surface area contributed by atoms with Crippen LogP contribution >= 0.6 is 35.6 Å². The van der Waals surface area contributed by atoms with Crippen LogP contribution in [0.1, 0.15) is 11.1 Å². The summed E-state index contributed by atoms with van der Waals surface area (Å²) in [4.78, 5) is 26.9. The predicted molar refractivity (Wildman–Crippen MR) is 137 cm³/mol. The summed E-state index contributed by atoms with van der Waals surface area (Å²) in [5.74, 6) is 0.187. The standard InChI is InChI=1S/C25H19ClN2O3S2/c26-19-8-10-20(11-9-19)28-24(30)22(33-25(28)32)14-17-6-12-21(13-7-17)31-16-23(29)27-15-18-4-2-1-3-5-18/h1-14H,15-16H2,(H,27,29)/b22-14-. The van der Waals surface area contributed by atoms with E-state index in [1.807, 2.05) is 42.5 Å². The Bertz CT molecular complexity index is 1200. The molecular formula is C25H19ClN2O3S2. The van der Waals surface area contributed by atoms with E-state index in [4.69, 9.17) is 28.6 Å². The molecular weight excluding hydrogens is 476 g/mol. The number of thiocarbonyl (C=S) groups is 1. The molecule has 1 saturated heterocycles. The molecule has 4 rings (SSSR count). The number of carbonyl (C=O) groups excluding carboxylic acids is 2. The molecule has 1 N–H and O–H groups in total. The van der Waals surface area contributed by atoms with Gasteiger partial charge in [0, 0.05) is 11.6 Å². The number of thioether (sulfide) groups is 1. The number of amides is 2. The molecule has 0 bridgehead atoms. The van der Waals surface area contributed by atoms with Crippen molar-refractivity contribution in [3.05, 3.63) is 99.9 Å². The molecule has 1 aliphatic heterocycles. The lowest BCUT2D eigenvalue weighted by atomic mass is 10.2. The van der Waals surface area contributed by atoms with Crippen LogP contribution in [0.5, 0.6) is 5.75 Å². The van der Waals surface area contributed by atoms with Crippen LogP contribution in [-0.2, 0) is 16.1 Å². The second-order valence-electron chi connectivity index (χ2n) is 7.11. The number of anilines is 1. The van der Waals surface area contributed by atoms with Crippen LogP contribution in [0.3, 0.4) is 0 Å². The van der Waals surface area contributed by atoms with E-state index in [1.165, 1.54) is 16.7 Å². The van der Waals surface area contributed by atoms with Crippen molar-refractivity contribution in [2.45, 2.75) is 6.54 Å². The molecule has 1 heterocycles. The molecule has 0 aliphatic carbocycles. The number of hydrogen-bond donors (Lipinski definition) is 1. The number of nitrogens with one attached hydrogen (secondary N) is 1. The van der Waals surface area contributed by atoms with Gasteiger partial charge in [-0.25, -0.2) is 0 Å². The summed E-state index contributed by atoms with van der Waals surface area (Å²) in [5.41, 5.74) is 2.53. The monoisotopic (exact) mass is 494 g/mol. The van der Waals surface area contributed by atoms with Gasteiger partial charge in [-0.15, -0.1) is 0 Å². The quantitative estimate of drug-likeness (QED) is 0.350. The van der Waals surface area contributed by atoms with Crippen LogP contribution in [0.2, 0.25) is 5.02 Å². The zero-order chi connectivity index (χ0) is 23.2. The highest BCUT2D eigenvalue weighted by molar-refractivity contribution is 8.27. The maximum Gasteiger partial charge on any atom is 0.270 e. The maximum absolute atomic E-state index is 12.9. The van der Waals surface area contributed by atoms with Crippen molar-refractivity contribution in [2.24, 2.45) is 0 Å². The molecule has 2 amide bonds. The van der Waals surface area contributed by atoms with Gasteiger partial charge in [0.1, 0.15) is 5.75 Å². The maximum atomic E-state index is 12.9. The summed E-state index contributed by atoms with van der Waals surface area (Å²) in [6.45, 7) is 0.377. The topological polar surface area (TPSA) is 58.6 Å². The first kappa shape index (κ1) is 23.0. The highest BCUT2D eigenvalue weighted by Crippen LogP contribution is 2.36. The van der Waals surface area contributed by atoms with E-state index in [2.05, 4.69) is 5.32 Å². The predicted octanol–water partition coefficient (Wildman–Crippen LogP) is 5.44. The molecule has 0 spiro atoms. The lowest BCUT2D eigenvalue weighted by Gasteiger charge is -2.14. The van der Waals surface area contributed by atoms with Crippen LogP contribution < -0.4 is 15.0 Å². The molecule has 0 saturated carbocycles. The Hall–Kier alpha value is -3.13. The van der Waals surface area contributed by atoms with Gasteiger partial charge in [0.25, 0.3) is 11.8 Å². The van der Waals surface area contributed by atoms with Gasteiger partial charge in [-0.2, -0.15) is 0 Å². The lowest BCUT2D eigenvalue weighted by molar-refractivity contribution is -0.123. The third-order valence-electron chi connectivity index (χ3n) is 4.76. The Kier molecular flexibility index (Phi) is 7.44. The molecule has 166 valence electrons. The van der Waals surface area contributed by atoms with Gasteiger partial charge in [0.05, 0.1) is 10.6 Å². The smallest absolute Gasteiger partial charge is 0.270 e. The fourth-order valence-corrected chi connectivity index (χ4v) is 4.51. The molecule has 33 heavy (non-hydrogen) atoms. The fraction of sp³-hybridized carbons (Fsp3) is 0.0800. The third-order valence-corrected chi connectivity index (χ3v) is 6.31. The van der Waals surface area contributed by atoms with Crippen LogP contribution in [0.25, 0.3) is 6.08 Å². The Morgan fingerprint density at radius 3 is 2.42 bits per heavy atom. The summed E-state index contributed by atoms with van der Waals surface area (Å²) < 4.78 is 6.03. The van der Waals surface area contributed by atoms with E-state index in [1.54, 1.807) is 42.5 Å². The minimum Gasteiger partial charge on any atom is -0.484 e. The molecule has 0 aromatic heterocycles. The molecule has 0 radical (unpaired) electrons. The second-order valence-corrected chi connectivity index (χ2v) is 9.23. The minimum atomic E-state index is -0.200. The largest absolute Gasteiger partial charge is 0.484 e. The first-order chi connectivity index (χ1) is 16.0. The van der Waals surface area contributed by atoms with E-state index >= 15 is 0 Å². The third kappa shape index (κ3) is 6.01. The van der Waals surface area contributed by atoms with Crippen LogP contribution in [0.15, 0.2) is 83.8 Å². The highest BCUT2D eigenvalue weighted by Gasteiger charge is 2.33. The highest BCUT2D eigenvalue weighted by atomic mass is 35.5. The van der Waals surface area contributed by atoms with Gasteiger partial charge in [-0.3, -0.25) is 14.5 Å². The Morgan fingerprint density at radius 1 is 1.03 bits per heavy atom. The average molecular weight is 495 g/mol. The fourth-order valence-electron chi connectivity index (χ4n) is 3.09. The van der Waals surface area contributed by atoms with E-state index in [0.717, 1.165) is 11.1 Å². The zero-order valence-corrected chi connectivity index (χ0v) is 19.8. The van der Waals surface area contributed by atoms with Crippen molar-refractivity contribution >= 4 is 63.5 Å². The summed E-state index contributed by atoms with van der Waals surface area (Å²) in [5, 5.41) is 3.41. The number of nitrogens with zero attached hydrogens (tertiary/aromatic N) is 1. The Morgan fingerprint density at radius 2 is 1.73 bits per heavy atom. The van der Waals surface area contributed by atoms with Crippen molar-refractivity contribution in [1.82, 2.24) is 5.32 Å². The number of benzene rings is 3. The zero-order valence-electron chi connectivity index (χ0n) is 17.4. The molecule has 0 atom stereocenters.